The van der Waals surface area contributed by atoms with Crippen LogP contribution >= 0.6 is 0 Å². The molecule has 5 nitrogen and oxygen atoms in total. The Morgan fingerprint density at radius 2 is 2.05 bits per heavy atom. The topological polar surface area (TPSA) is 61.0 Å². The van der Waals surface area contributed by atoms with Gasteiger partial charge >= 0.3 is 0 Å². The van der Waals surface area contributed by atoms with Crippen molar-refractivity contribution in [2.75, 3.05) is 19.6 Å². The van der Waals surface area contributed by atoms with Crippen molar-refractivity contribution in [3.8, 4) is 0 Å². The molecular weight excluding hydrogens is 264 g/mol. The fourth-order valence-electron chi connectivity index (χ4n) is 4.37. The van der Waals surface area contributed by atoms with Gasteiger partial charge < -0.3 is 10.2 Å². The predicted molar refractivity (Wildman–Crippen MR) is 80.0 cm³/mol. The highest BCUT2D eigenvalue weighted by molar-refractivity contribution is 5.94. The Morgan fingerprint density at radius 3 is 2.90 bits per heavy atom. The summed E-state index contributed by atoms with van der Waals surface area (Å²) in [5.41, 5.74) is 3.31. The second kappa shape index (κ2) is 5.13. The zero-order chi connectivity index (χ0) is 14.3. The molecule has 4 rings (SSSR count). The molecule has 1 aromatic rings. The molecule has 21 heavy (non-hydrogen) atoms. The van der Waals surface area contributed by atoms with Crippen molar-refractivity contribution < 1.29 is 4.79 Å². The molecule has 0 bridgehead atoms. The highest BCUT2D eigenvalue weighted by Gasteiger charge is 2.41. The molecule has 2 N–H and O–H groups in total. The molecule has 1 amide bonds. The van der Waals surface area contributed by atoms with Crippen LogP contribution in [0.1, 0.15) is 60.3 Å². The van der Waals surface area contributed by atoms with Gasteiger partial charge in [0.1, 0.15) is 0 Å². The molecule has 1 aromatic heterocycles. The molecule has 114 valence electrons. The predicted octanol–water partition coefficient (Wildman–Crippen LogP) is 1.85. The van der Waals surface area contributed by atoms with Gasteiger partial charge in [-0.1, -0.05) is 19.3 Å². The van der Waals surface area contributed by atoms with E-state index in [-0.39, 0.29) is 5.91 Å². The molecule has 0 atom stereocenters. The first-order valence-electron chi connectivity index (χ1n) is 8.34. The monoisotopic (exact) mass is 288 g/mol. The number of nitrogens with one attached hydrogen (secondary N) is 2. The average molecular weight is 288 g/mol. The third kappa shape index (κ3) is 2.27. The van der Waals surface area contributed by atoms with Crippen LogP contribution in [0.15, 0.2) is 0 Å². The maximum Gasteiger partial charge on any atom is 0.274 e. The first-order valence-corrected chi connectivity index (χ1v) is 8.34. The number of aromatic nitrogens is 2. The third-order valence-electron chi connectivity index (χ3n) is 5.65. The first kappa shape index (κ1) is 13.3. The largest absolute Gasteiger partial charge is 0.337 e. The lowest BCUT2D eigenvalue weighted by molar-refractivity contribution is 0.0752. The summed E-state index contributed by atoms with van der Waals surface area (Å²) in [6.07, 6.45) is 8.78. The van der Waals surface area contributed by atoms with E-state index in [4.69, 9.17) is 0 Å². The van der Waals surface area contributed by atoms with Crippen LogP contribution in [0.4, 0.5) is 0 Å². The second-order valence-electron chi connectivity index (χ2n) is 6.99. The van der Waals surface area contributed by atoms with Gasteiger partial charge in [-0.2, -0.15) is 5.10 Å². The van der Waals surface area contributed by atoms with Crippen LogP contribution in [-0.4, -0.2) is 40.6 Å². The Hall–Kier alpha value is -1.36. The zero-order valence-corrected chi connectivity index (χ0v) is 12.6. The summed E-state index contributed by atoms with van der Waals surface area (Å²) in [6.45, 7) is 3.59. The molecule has 1 aliphatic carbocycles. The van der Waals surface area contributed by atoms with Gasteiger partial charge in [-0.25, -0.2) is 0 Å². The molecule has 2 aliphatic heterocycles. The van der Waals surface area contributed by atoms with Crippen molar-refractivity contribution in [3.05, 3.63) is 17.0 Å². The standard InChI is InChI=1S/C16H24N4O/c21-15(14-12-10-17-8-4-13(12)18-19-14)20-9-7-16(11-20)5-2-1-3-6-16/h17H,1-11H2,(H,18,19). The van der Waals surface area contributed by atoms with Gasteiger partial charge in [0.25, 0.3) is 5.91 Å². The van der Waals surface area contributed by atoms with E-state index in [1.807, 2.05) is 0 Å². The highest BCUT2D eigenvalue weighted by atomic mass is 16.2. The number of amides is 1. The van der Waals surface area contributed by atoms with Gasteiger partial charge in [-0.15, -0.1) is 0 Å². The van der Waals surface area contributed by atoms with Crippen molar-refractivity contribution >= 4 is 5.91 Å². The number of aromatic amines is 1. The van der Waals surface area contributed by atoms with Gasteiger partial charge in [0.2, 0.25) is 0 Å². The van der Waals surface area contributed by atoms with Crippen molar-refractivity contribution in [3.63, 3.8) is 0 Å². The van der Waals surface area contributed by atoms with E-state index < -0.39 is 0 Å². The summed E-state index contributed by atoms with van der Waals surface area (Å²) in [4.78, 5) is 14.9. The van der Waals surface area contributed by atoms with Crippen LogP contribution in [-0.2, 0) is 13.0 Å². The van der Waals surface area contributed by atoms with E-state index in [1.54, 1.807) is 0 Å². The second-order valence-corrected chi connectivity index (χ2v) is 6.99. The van der Waals surface area contributed by atoms with Crippen molar-refractivity contribution in [1.82, 2.24) is 20.4 Å². The lowest BCUT2D eigenvalue weighted by atomic mass is 9.73. The fourth-order valence-corrected chi connectivity index (χ4v) is 4.37. The number of fused-ring (bicyclic) bond motifs is 1. The van der Waals surface area contributed by atoms with Gasteiger partial charge in [-0.3, -0.25) is 9.89 Å². The summed E-state index contributed by atoms with van der Waals surface area (Å²) in [6, 6.07) is 0. The number of hydrogen-bond acceptors (Lipinski definition) is 3. The molecule has 1 saturated heterocycles. The SMILES string of the molecule is O=C(c1n[nH]c2c1CNCC2)N1CCC2(CCCCC2)C1. The number of H-pyrrole nitrogens is 1. The van der Waals surface area contributed by atoms with Gasteiger partial charge in [0.05, 0.1) is 0 Å². The van der Waals surface area contributed by atoms with Crippen LogP contribution in [0.25, 0.3) is 0 Å². The molecule has 3 heterocycles. The van der Waals surface area contributed by atoms with E-state index in [1.165, 1.54) is 38.5 Å². The van der Waals surface area contributed by atoms with Crippen molar-refractivity contribution in [2.24, 2.45) is 5.41 Å². The Kier molecular flexibility index (Phi) is 3.25. The quantitative estimate of drug-likeness (QED) is 0.829. The lowest BCUT2D eigenvalue weighted by Gasteiger charge is -2.33. The summed E-state index contributed by atoms with van der Waals surface area (Å²) < 4.78 is 0. The minimum atomic E-state index is 0.138. The van der Waals surface area contributed by atoms with E-state index >= 15 is 0 Å². The van der Waals surface area contributed by atoms with Crippen LogP contribution in [0.5, 0.6) is 0 Å². The summed E-state index contributed by atoms with van der Waals surface area (Å²) in [5.74, 6) is 0.138. The van der Waals surface area contributed by atoms with Crippen LogP contribution < -0.4 is 5.32 Å². The lowest BCUT2D eigenvalue weighted by Crippen LogP contribution is -2.34. The summed E-state index contributed by atoms with van der Waals surface area (Å²) in [7, 11) is 0. The zero-order valence-electron chi connectivity index (χ0n) is 12.6. The normalized spacial score (nSPS) is 24.3. The Balaban J connectivity index is 1.52. The minimum absolute atomic E-state index is 0.138. The number of nitrogens with zero attached hydrogens (tertiary/aromatic N) is 2. The Labute approximate surface area is 125 Å². The fraction of sp³-hybridized carbons (Fsp3) is 0.750. The van der Waals surface area contributed by atoms with Crippen molar-refractivity contribution in [2.45, 2.75) is 51.5 Å². The van der Waals surface area contributed by atoms with Crippen molar-refractivity contribution in [1.29, 1.82) is 0 Å². The molecule has 0 radical (unpaired) electrons. The van der Waals surface area contributed by atoms with Crippen LogP contribution in [0.2, 0.25) is 0 Å². The van der Waals surface area contributed by atoms with E-state index in [2.05, 4.69) is 20.4 Å². The number of hydrogen-bond donors (Lipinski definition) is 2. The van der Waals surface area contributed by atoms with Gasteiger partial charge in [-0.05, 0) is 24.7 Å². The smallest absolute Gasteiger partial charge is 0.274 e. The van der Waals surface area contributed by atoms with E-state index in [0.717, 1.165) is 43.9 Å². The summed E-state index contributed by atoms with van der Waals surface area (Å²) >= 11 is 0. The Morgan fingerprint density at radius 1 is 1.19 bits per heavy atom. The molecule has 0 unspecified atom stereocenters. The summed E-state index contributed by atoms with van der Waals surface area (Å²) in [5, 5.41) is 10.7. The molecule has 1 saturated carbocycles. The maximum atomic E-state index is 12.8. The third-order valence-corrected chi connectivity index (χ3v) is 5.65. The van der Waals surface area contributed by atoms with Crippen LogP contribution in [0.3, 0.4) is 0 Å². The average Bonchev–Trinajstić information content (AvgIpc) is 3.12. The first-order chi connectivity index (χ1) is 10.3. The molecule has 1 spiro atoms. The number of carbonyl (C=O) groups excluding carboxylic acids is 1. The maximum absolute atomic E-state index is 12.8. The molecule has 0 aromatic carbocycles. The van der Waals surface area contributed by atoms with Gasteiger partial charge in [0.15, 0.2) is 5.69 Å². The minimum Gasteiger partial charge on any atom is -0.337 e. The number of rotatable bonds is 1. The molecule has 2 fully saturated rings. The highest BCUT2D eigenvalue weighted by Crippen LogP contribution is 2.44. The van der Waals surface area contributed by atoms with E-state index in [0.29, 0.717) is 11.1 Å². The molecular formula is C16H24N4O. The van der Waals surface area contributed by atoms with Gasteiger partial charge in [0, 0.05) is 43.9 Å². The molecule has 3 aliphatic rings. The Bertz CT molecular complexity index is 544. The van der Waals surface area contributed by atoms with E-state index in [9.17, 15) is 4.79 Å². The van der Waals surface area contributed by atoms with Crippen LogP contribution in [0, 0.1) is 5.41 Å². The molecule has 5 heteroatoms. The number of likely N-dealkylation sites (tertiary alicyclic amines) is 1. The number of carbonyl (C=O) groups is 1.